The molecule has 1 saturated heterocycles. The average Bonchev–Trinajstić information content (AvgIpc) is 2.77. The minimum absolute atomic E-state index is 0.195. The molecule has 3 heterocycles. The molecule has 7 nitrogen and oxygen atoms in total. The van der Waals surface area contributed by atoms with E-state index in [9.17, 15) is 13.2 Å². The lowest BCUT2D eigenvalue weighted by Crippen LogP contribution is -2.55. The van der Waals surface area contributed by atoms with Crippen LogP contribution in [0, 0.1) is 17.5 Å². The fourth-order valence-electron chi connectivity index (χ4n) is 2.80. The molecular formula is C21H18F3N3O4. The number of rotatable bonds is 8. The Balaban J connectivity index is 1.58. The number of pyridine rings is 1. The van der Waals surface area contributed by atoms with Crippen LogP contribution in [0.2, 0.25) is 0 Å². The van der Waals surface area contributed by atoms with Crippen LogP contribution in [-0.4, -0.2) is 47.5 Å². The third kappa shape index (κ3) is 4.59. The predicted molar refractivity (Wildman–Crippen MR) is 102 cm³/mol. The van der Waals surface area contributed by atoms with Crippen molar-refractivity contribution in [3.63, 3.8) is 0 Å². The molecule has 162 valence electrons. The molecule has 1 fully saturated rings. The normalized spacial score (nSPS) is 14.7. The van der Waals surface area contributed by atoms with Gasteiger partial charge in [-0.05, 0) is 24.3 Å². The topological polar surface area (TPSA) is 75.6 Å². The van der Waals surface area contributed by atoms with Gasteiger partial charge in [0.25, 0.3) is 0 Å². The molecule has 0 saturated carbocycles. The van der Waals surface area contributed by atoms with Crippen LogP contribution in [0.15, 0.2) is 42.6 Å². The van der Waals surface area contributed by atoms with Gasteiger partial charge in [0.05, 0.1) is 18.9 Å². The largest absolute Gasteiger partial charge is 0.484 e. The van der Waals surface area contributed by atoms with Crippen molar-refractivity contribution < 1.29 is 32.1 Å². The number of nitrogens with zero attached hydrogens (tertiary/aromatic N) is 3. The molecule has 1 aromatic carbocycles. The number of methoxy groups -OCH3 is 1. The van der Waals surface area contributed by atoms with E-state index in [-0.39, 0.29) is 24.9 Å². The van der Waals surface area contributed by atoms with E-state index >= 15 is 0 Å². The van der Waals surface area contributed by atoms with Gasteiger partial charge in [0.2, 0.25) is 11.7 Å². The molecule has 3 aromatic rings. The summed E-state index contributed by atoms with van der Waals surface area (Å²) in [6.07, 6.45) is 1.59. The highest BCUT2D eigenvalue weighted by Crippen LogP contribution is 2.25. The van der Waals surface area contributed by atoms with E-state index in [1.165, 1.54) is 6.07 Å². The second-order valence-corrected chi connectivity index (χ2v) is 6.87. The number of aromatic nitrogens is 3. The lowest BCUT2D eigenvalue weighted by molar-refractivity contribution is -0.208. The molecule has 2 aromatic heterocycles. The average molecular weight is 433 g/mol. The Kier molecular flexibility index (Phi) is 6.01. The lowest BCUT2D eigenvalue weighted by atomic mass is 10.0. The molecule has 1 aliphatic heterocycles. The fraction of sp³-hybridized carbons (Fsp3) is 0.286. The summed E-state index contributed by atoms with van der Waals surface area (Å²) in [7, 11) is 1.57. The summed E-state index contributed by atoms with van der Waals surface area (Å²) in [5.41, 5.74) is 0.259. The van der Waals surface area contributed by atoms with E-state index in [2.05, 4.69) is 15.0 Å². The quantitative estimate of drug-likeness (QED) is 0.505. The Hall–Kier alpha value is -3.24. The maximum atomic E-state index is 13.9. The highest BCUT2D eigenvalue weighted by molar-refractivity contribution is 5.49. The molecule has 0 radical (unpaired) electrons. The van der Waals surface area contributed by atoms with Crippen molar-refractivity contribution in [3.8, 4) is 23.1 Å². The summed E-state index contributed by atoms with van der Waals surface area (Å²) in [5, 5.41) is 0. The SMILES string of the molecule is COC1(COc2cc(COc3ccc(F)c(F)c3F)nc(-c3ccccn3)n2)COC1. The van der Waals surface area contributed by atoms with E-state index in [1.54, 1.807) is 31.5 Å². The molecule has 10 heteroatoms. The highest BCUT2D eigenvalue weighted by Gasteiger charge is 2.40. The molecule has 0 spiro atoms. The van der Waals surface area contributed by atoms with Gasteiger partial charge < -0.3 is 18.9 Å². The van der Waals surface area contributed by atoms with Crippen LogP contribution in [0.3, 0.4) is 0 Å². The minimum Gasteiger partial charge on any atom is -0.484 e. The third-order valence-electron chi connectivity index (χ3n) is 4.67. The standard InChI is InChI=1S/C21H18F3N3O4/c1-28-21(10-29-11-21)12-31-17-8-13(26-20(27-17)15-4-2-3-7-25-15)9-30-16-6-5-14(22)18(23)19(16)24/h2-8H,9-12H2,1H3. The van der Waals surface area contributed by atoms with Gasteiger partial charge in [0, 0.05) is 19.4 Å². The second kappa shape index (κ2) is 8.86. The van der Waals surface area contributed by atoms with Crippen molar-refractivity contribution in [3.05, 3.63) is 65.7 Å². The number of hydrogen-bond acceptors (Lipinski definition) is 7. The smallest absolute Gasteiger partial charge is 0.217 e. The van der Waals surface area contributed by atoms with Gasteiger partial charge in [-0.15, -0.1) is 0 Å². The van der Waals surface area contributed by atoms with Gasteiger partial charge >= 0.3 is 0 Å². The van der Waals surface area contributed by atoms with E-state index in [1.807, 2.05) is 0 Å². The molecule has 4 rings (SSSR count). The lowest BCUT2D eigenvalue weighted by Gasteiger charge is -2.39. The molecule has 0 bridgehead atoms. The van der Waals surface area contributed by atoms with E-state index in [0.29, 0.717) is 24.6 Å². The van der Waals surface area contributed by atoms with Crippen LogP contribution in [0.4, 0.5) is 13.2 Å². The number of benzene rings is 1. The predicted octanol–water partition coefficient (Wildman–Crippen LogP) is 3.33. The first kappa shape index (κ1) is 21.0. The Morgan fingerprint density at radius 1 is 1.03 bits per heavy atom. The Morgan fingerprint density at radius 2 is 1.87 bits per heavy atom. The summed E-state index contributed by atoms with van der Waals surface area (Å²) in [4.78, 5) is 12.9. The van der Waals surface area contributed by atoms with Gasteiger partial charge in [-0.25, -0.2) is 13.8 Å². The zero-order valence-corrected chi connectivity index (χ0v) is 16.5. The van der Waals surface area contributed by atoms with Crippen LogP contribution >= 0.6 is 0 Å². The van der Waals surface area contributed by atoms with Gasteiger partial charge in [-0.1, -0.05) is 6.07 Å². The van der Waals surface area contributed by atoms with Crippen LogP contribution < -0.4 is 9.47 Å². The molecule has 1 aliphatic rings. The fourth-order valence-corrected chi connectivity index (χ4v) is 2.80. The van der Waals surface area contributed by atoms with Crippen molar-refractivity contribution in [2.75, 3.05) is 26.9 Å². The van der Waals surface area contributed by atoms with Crippen LogP contribution in [-0.2, 0) is 16.1 Å². The first-order valence-electron chi connectivity index (χ1n) is 9.31. The maximum absolute atomic E-state index is 13.9. The Bertz CT molecular complexity index is 1060. The number of halogens is 3. The van der Waals surface area contributed by atoms with Gasteiger partial charge in [-0.3, -0.25) is 4.98 Å². The van der Waals surface area contributed by atoms with Gasteiger partial charge in [0.1, 0.15) is 24.5 Å². The molecule has 0 unspecified atom stereocenters. The van der Waals surface area contributed by atoms with Crippen molar-refractivity contribution in [1.29, 1.82) is 0 Å². The number of ether oxygens (including phenoxy) is 4. The van der Waals surface area contributed by atoms with Crippen molar-refractivity contribution in [2.24, 2.45) is 0 Å². The maximum Gasteiger partial charge on any atom is 0.217 e. The summed E-state index contributed by atoms with van der Waals surface area (Å²) >= 11 is 0. The Morgan fingerprint density at radius 3 is 2.55 bits per heavy atom. The van der Waals surface area contributed by atoms with Crippen molar-refractivity contribution >= 4 is 0 Å². The monoisotopic (exact) mass is 433 g/mol. The third-order valence-corrected chi connectivity index (χ3v) is 4.67. The first-order chi connectivity index (χ1) is 15.0. The zero-order valence-electron chi connectivity index (χ0n) is 16.5. The van der Waals surface area contributed by atoms with E-state index in [0.717, 1.165) is 12.1 Å². The summed E-state index contributed by atoms with van der Waals surface area (Å²) < 4.78 is 62.2. The Labute approximate surface area is 175 Å². The van der Waals surface area contributed by atoms with E-state index in [4.69, 9.17) is 18.9 Å². The molecule has 0 N–H and O–H groups in total. The summed E-state index contributed by atoms with van der Waals surface area (Å²) in [5.74, 6) is -4.27. The van der Waals surface area contributed by atoms with Gasteiger partial charge in [0.15, 0.2) is 23.2 Å². The molecule has 0 amide bonds. The van der Waals surface area contributed by atoms with Crippen LogP contribution in [0.25, 0.3) is 11.5 Å². The van der Waals surface area contributed by atoms with Crippen molar-refractivity contribution in [1.82, 2.24) is 15.0 Å². The summed E-state index contributed by atoms with van der Waals surface area (Å²) in [6.45, 7) is 0.750. The van der Waals surface area contributed by atoms with Gasteiger partial charge in [-0.2, -0.15) is 9.37 Å². The first-order valence-corrected chi connectivity index (χ1v) is 9.31. The molecule has 31 heavy (non-hydrogen) atoms. The second-order valence-electron chi connectivity index (χ2n) is 6.87. The molecule has 0 aliphatic carbocycles. The zero-order chi connectivity index (χ0) is 21.8. The highest BCUT2D eigenvalue weighted by atomic mass is 19.2. The molecule has 0 atom stereocenters. The summed E-state index contributed by atoms with van der Waals surface area (Å²) in [6, 6.07) is 8.54. The van der Waals surface area contributed by atoms with E-state index < -0.39 is 28.8 Å². The van der Waals surface area contributed by atoms with Crippen molar-refractivity contribution in [2.45, 2.75) is 12.2 Å². The minimum atomic E-state index is -1.61. The number of hydrogen-bond donors (Lipinski definition) is 0. The van der Waals surface area contributed by atoms with Crippen LogP contribution in [0.5, 0.6) is 11.6 Å². The molecular weight excluding hydrogens is 415 g/mol. The van der Waals surface area contributed by atoms with Crippen LogP contribution in [0.1, 0.15) is 5.69 Å².